The third-order valence-electron chi connectivity index (χ3n) is 5.19. The van der Waals surface area contributed by atoms with E-state index >= 15 is 0 Å². The van der Waals surface area contributed by atoms with Crippen LogP contribution in [0.3, 0.4) is 0 Å². The molecule has 1 aliphatic rings. The smallest absolute Gasteiger partial charge is 0.224 e. The van der Waals surface area contributed by atoms with Crippen LogP contribution in [0.1, 0.15) is 24.0 Å². The fourth-order valence-corrected chi connectivity index (χ4v) is 3.34. The highest BCUT2D eigenvalue weighted by Crippen LogP contribution is 2.14. The van der Waals surface area contributed by atoms with Crippen LogP contribution in [-0.4, -0.2) is 59.4 Å². The van der Waals surface area contributed by atoms with Gasteiger partial charge in [-0.1, -0.05) is 42.0 Å². The van der Waals surface area contributed by atoms with E-state index in [0.717, 1.165) is 19.6 Å². The zero-order valence-electron chi connectivity index (χ0n) is 17.4. The summed E-state index contributed by atoms with van der Waals surface area (Å²) in [7, 11) is 0. The number of nitrogens with zero attached hydrogens (tertiary/aromatic N) is 2. The molecule has 158 valence electrons. The second kappa shape index (κ2) is 10.6. The summed E-state index contributed by atoms with van der Waals surface area (Å²) in [4.78, 5) is 28.6. The fraction of sp³-hybridized carbons (Fsp3) is 0.333. The summed E-state index contributed by atoms with van der Waals surface area (Å²) in [6, 6.07) is 14.7. The molecule has 1 aliphatic heterocycles. The highest BCUT2D eigenvalue weighted by Gasteiger charge is 2.20. The molecular formula is C24H29N3O3. The lowest BCUT2D eigenvalue weighted by Gasteiger charge is -2.34. The average molecular weight is 408 g/mol. The van der Waals surface area contributed by atoms with Crippen LogP contribution in [0.15, 0.2) is 54.6 Å². The van der Waals surface area contributed by atoms with Crippen LogP contribution < -0.4 is 5.32 Å². The third kappa shape index (κ3) is 6.74. The summed E-state index contributed by atoms with van der Waals surface area (Å²) in [5.74, 6) is -0.0346. The van der Waals surface area contributed by atoms with Crippen molar-refractivity contribution in [3.63, 3.8) is 0 Å². The van der Waals surface area contributed by atoms with E-state index in [4.69, 9.17) is 0 Å². The Kier molecular flexibility index (Phi) is 7.63. The van der Waals surface area contributed by atoms with Gasteiger partial charge in [-0.05, 0) is 36.8 Å². The topological polar surface area (TPSA) is 72.9 Å². The van der Waals surface area contributed by atoms with E-state index in [9.17, 15) is 14.7 Å². The Balaban J connectivity index is 1.34. The van der Waals surface area contributed by atoms with Gasteiger partial charge in [0, 0.05) is 51.3 Å². The van der Waals surface area contributed by atoms with E-state index < -0.39 is 0 Å². The summed E-state index contributed by atoms with van der Waals surface area (Å²) < 4.78 is 0. The lowest BCUT2D eigenvalue weighted by atomic mass is 10.1. The number of piperazine rings is 1. The molecule has 0 aliphatic carbocycles. The van der Waals surface area contributed by atoms with Gasteiger partial charge in [-0.2, -0.15) is 0 Å². The van der Waals surface area contributed by atoms with Crippen molar-refractivity contribution in [2.24, 2.45) is 0 Å². The second-order valence-corrected chi connectivity index (χ2v) is 7.59. The van der Waals surface area contributed by atoms with Crippen molar-refractivity contribution in [3.8, 4) is 5.75 Å². The number of aryl methyl sites for hydroxylation is 1. The molecule has 0 aromatic heterocycles. The molecule has 0 bridgehead atoms. The van der Waals surface area contributed by atoms with Crippen molar-refractivity contribution in [3.05, 3.63) is 65.7 Å². The molecule has 6 nitrogen and oxygen atoms in total. The predicted octanol–water partition coefficient (Wildman–Crippen LogP) is 3.28. The zero-order chi connectivity index (χ0) is 21.3. The van der Waals surface area contributed by atoms with E-state index in [0.29, 0.717) is 18.8 Å². The highest BCUT2D eigenvalue weighted by atomic mass is 16.3. The summed E-state index contributed by atoms with van der Waals surface area (Å²) in [5.41, 5.74) is 3.06. The Morgan fingerprint density at radius 1 is 0.967 bits per heavy atom. The average Bonchev–Trinajstić information content (AvgIpc) is 2.75. The SMILES string of the molecule is Cc1ccc(/C=C/CN2CCN(C(=O)CCC(=O)Nc3ccc(O)cc3)CC2)cc1. The molecular weight excluding hydrogens is 378 g/mol. The number of benzene rings is 2. The van der Waals surface area contributed by atoms with Gasteiger partial charge in [0.05, 0.1) is 0 Å². The molecule has 0 saturated carbocycles. The van der Waals surface area contributed by atoms with Gasteiger partial charge in [0.15, 0.2) is 0 Å². The van der Waals surface area contributed by atoms with Gasteiger partial charge < -0.3 is 15.3 Å². The number of nitrogens with one attached hydrogen (secondary N) is 1. The van der Waals surface area contributed by atoms with E-state index in [1.807, 2.05) is 4.90 Å². The van der Waals surface area contributed by atoms with E-state index in [1.54, 1.807) is 12.1 Å². The zero-order valence-corrected chi connectivity index (χ0v) is 17.4. The minimum atomic E-state index is -0.200. The molecule has 2 amide bonds. The predicted molar refractivity (Wildman–Crippen MR) is 119 cm³/mol. The van der Waals surface area contributed by atoms with Crippen molar-refractivity contribution in [1.29, 1.82) is 0 Å². The molecule has 0 spiro atoms. The normalized spacial score (nSPS) is 14.8. The number of anilines is 1. The molecule has 3 rings (SSSR count). The van der Waals surface area contributed by atoms with Crippen LogP contribution in [0.25, 0.3) is 6.08 Å². The second-order valence-electron chi connectivity index (χ2n) is 7.59. The number of carbonyl (C=O) groups is 2. The minimum Gasteiger partial charge on any atom is -0.508 e. The first kappa shape index (κ1) is 21.6. The van der Waals surface area contributed by atoms with Crippen LogP contribution >= 0.6 is 0 Å². The molecule has 1 saturated heterocycles. The number of hydrogen-bond acceptors (Lipinski definition) is 4. The Hall–Kier alpha value is -3.12. The molecule has 6 heteroatoms. The maximum Gasteiger partial charge on any atom is 0.224 e. The first-order chi connectivity index (χ1) is 14.5. The van der Waals surface area contributed by atoms with Crippen LogP contribution in [0.2, 0.25) is 0 Å². The van der Waals surface area contributed by atoms with Crippen LogP contribution in [-0.2, 0) is 9.59 Å². The monoisotopic (exact) mass is 407 g/mol. The quantitative estimate of drug-likeness (QED) is 0.691. The van der Waals surface area contributed by atoms with Crippen molar-refractivity contribution >= 4 is 23.6 Å². The molecule has 0 atom stereocenters. The van der Waals surface area contributed by atoms with E-state index in [-0.39, 0.29) is 30.4 Å². The van der Waals surface area contributed by atoms with E-state index in [2.05, 4.69) is 53.6 Å². The number of phenols is 1. The highest BCUT2D eigenvalue weighted by molar-refractivity contribution is 5.93. The number of hydrogen-bond donors (Lipinski definition) is 2. The summed E-state index contributed by atoms with van der Waals surface area (Å²) in [5, 5.41) is 12.0. The van der Waals surface area contributed by atoms with Crippen LogP contribution in [0.4, 0.5) is 5.69 Å². The molecule has 0 unspecified atom stereocenters. The van der Waals surface area contributed by atoms with Crippen LogP contribution in [0, 0.1) is 6.92 Å². The molecule has 2 aromatic carbocycles. The van der Waals surface area contributed by atoms with Crippen molar-refractivity contribution in [2.45, 2.75) is 19.8 Å². The Morgan fingerprint density at radius 3 is 2.30 bits per heavy atom. The van der Waals surface area contributed by atoms with Crippen LogP contribution in [0.5, 0.6) is 5.75 Å². The van der Waals surface area contributed by atoms with Gasteiger partial charge >= 0.3 is 0 Å². The maximum absolute atomic E-state index is 12.4. The largest absolute Gasteiger partial charge is 0.508 e. The van der Waals surface area contributed by atoms with Gasteiger partial charge in [0.25, 0.3) is 0 Å². The lowest BCUT2D eigenvalue weighted by Crippen LogP contribution is -2.48. The summed E-state index contributed by atoms with van der Waals surface area (Å²) in [6.45, 7) is 6.00. The van der Waals surface area contributed by atoms with Crippen molar-refractivity contribution in [2.75, 3.05) is 38.0 Å². The molecule has 1 heterocycles. The first-order valence-corrected chi connectivity index (χ1v) is 10.3. The Labute approximate surface area is 177 Å². The standard InChI is InChI=1S/C24H29N3O3/c1-19-4-6-20(7-5-19)3-2-14-26-15-17-27(18-16-26)24(30)13-12-23(29)25-21-8-10-22(28)11-9-21/h2-11,28H,12-18H2,1H3,(H,25,29)/b3-2+. The lowest BCUT2D eigenvalue weighted by molar-refractivity contribution is -0.134. The molecule has 2 N–H and O–H groups in total. The number of carbonyl (C=O) groups excluding carboxylic acids is 2. The molecule has 0 radical (unpaired) electrons. The van der Waals surface area contributed by atoms with Gasteiger partial charge in [-0.3, -0.25) is 14.5 Å². The number of phenolic OH excluding ortho intramolecular Hbond substituents is 1. The summed E-state index contributed by atoms with van der Waals surface area (Å²) in [6.07, 6.45) is 4.65. The number of amides is 2. The van der Waals surface area contributed by atoms with Gasteiger partial charge in [-0.25, -0.2) is 0 Å². The Bertz CT molecular complexity index is 868. The van der Waals surface area contributed by atoms with Crippen molar-refractivity contribution in [1.82, 2.24) is 9.80 Å². The van der Waals surface area contributed by atoms with Crippen molar-refractivity contribution < 1.29 is 14.7 Å². The van der Waals surface area contributed by atoms with Gasteiger partial charge in [-0.15, -0.1) is 0 Å². The first-order valence-electron chi connectivity index (χ1n) is 10.3. The fourth-order valence-electron chi connectivity index (χ4n) is 3.34. The molecule has 2 aromatic rings. The number of rotatable bonds is 7. The molecule has 1 fully saturated rings. The molecule has 30 heavy (non-hydrogen) atoms. The third-order valence-corrected chi connectivity index (χ3v) is 5.19. The number of aromatic hydroxyl groups is 1. The van der Waals surface area contributed by atoms with E-state index in [1.165, 1.54) is 23.3 Å². The Morgan fingerprint density at radius 2 is 1.63 bits per heavy atom. The summed E-state index contributed by atoms with van der Waals surface area (Å²) >= 11 is 0. The maximum atomic E-state index is 12.4. The van der Waals surface area contributed by atoms with Gasteiger partial charge in [0.1, 0.15) is 5.75 Å². The minimum absolute atomic E-state index is 0.0192. The van der Waals surface area contributed by atoms with Gasteiger partial charge in [0.2, 0.25) is 11.8 Å².